The molecule has 4 nitrogen and oxygen atoms in total. The average molecular weight is 290 g/mol. The van der Waals surface area contributed by atoms with Crippen molar-refractivity contribution in [2.75, 3.05) is 19.4 Å². The van der Waals surface area contributed by atoms with Crippen LogP contribution in [-0.4, -0.2) is 36.1 Å². The summed E-state index contributed by atoms with van der Waals surface area (Å²) in [5.74, 6) is -1.26. The molecule has 1 unspecified atom stereocenters. The van der Waals surface area contributed by atoms with Gasteiger partial charge in [-0.3, -0.25) is 9.69 Å². The van der Waals surface area contributed by atoms with E-state index < -0.39 is 29.4 Å². The molecule has 2 N–H and O–H groups in total. The number of halogens is 3. The fraction of sp³-hybridized carbons (Fsp3) is 0.462. The smallest absolute Gasteiger partial charge is 0.420 e. The molecule has 1 aromatic carbocycles. The van der Waals surface area contributed by atoms with Crippen LogP contribution < -0.4 is 5.32 Å². The van der Waals surface area contributed by atoms with Crippen molar-refractivity contribution < 1.29 is 23.1 Å². The lowest BCUT2D eigenvalue weighted by Crippen LogP contribution is -2.39. The van der Waals surface area contributed by atoms with Gasteiger partial charge in [-0.25, -0.2) is 0 Å². The predicted molar refractivity (Wildman–Crippen MR) is 69.5 cm³/mol. The Balaban J connectivity index is 2.97. The zero-order chi connectivity index (χ0) is 15.5. The molecule has 0 spiro atoms. The number of carbonyl (C=O) groups excluding carboxylic acids is 1. The first-order valence-corrected chi connectivity index (χ1v) is 6.04. The molecule has 0 heterocycles. The van der Waals surface area contributed by atoms with Crippen molar-refractivity contribution in [1.29, 1.82) is 0 Å². The van der Waals surface area contributed by atoms with Gasteiger partial charge in [0.25, 0.3) is 0 Å². The Bertz CT molecular complexity index is 487. The van der Waals surface area contributed by atoms with Crippen molar-refractivity contribution in [3.8, 4) is 5.75 Å². The molecule has 20 heavy (non-hydrogen) atoms. The lowest BCUT2D eigenvalue weighted by molar-refractivity contribution is -0.138. The fourth-order valence-corrected chi connectivity index (χ4v) is 1.85. The van der Waals surface area contributed by atoms with Crippen molar-refractivity contribution >= 4 is 11.6 Å². The molecule has 0 radical (unpaired) electrons. The van der Waals surface area contributed by atoms with Gasteiger partial charge in [0.2, 0.25) is 5.91 Å². The number of anilines is 1. The normalized spacial score (nSPS) is 13.3. The monoisotopic (exact) mass is 290 g/mol. The number of aromatic hydroxyl groups is 1. The highest BCUT2D eigenvalue weighted by Gasteiger charge is 2.34. The number of amides is 1. The van der Waals surface area contributed by atoms with Crippen LogP contribution in [0.5, 0.6) is 5.75 Å². The van der Waals surface area contributed by atoms with Crippen LogP contribution in [0.4, 0.5) is 18.9 Å². The van der Waals surface area contributed by atoms with Gasteiger partial charge in [-0.1, -0.05) is 6.92 Å². The van der Waals surface area contributed by atoms with E-state index in [-0.39, 0.29) is 5.69 Å². The third-order valence-electron chi connectivity index (χ3n) is 2.88. The van der Waals surface area contributed by atoms with E-state index >= 15 is 0 Å². The number of phenols is 1. The van der Waals surface area contributed by atoms with Gasteiger partial charge in [0.1, 0.15) is 5.75 Å². The van der Waals surface area contributed by atoms with Crippen LogP contribution in [0.15, 0.2) is 18.2 Å². The number of carbonyl (C=O) groups is 1. The lowest BCUT2D eigenvalue weighted by atomic mass is 10.1. The molecule has 0 fully saturated rings. The Morgan fingerprint density at radius 1 is 1.40 bits per heavy atom. The minimum atomic E-state index is -4.67. The second-order valence-corrected chi connectivity index (χ2v) is 4.61. The zero-order valence-corrected chi connectivity index (χ0v) is 11.5. The van der Waals surface area contributed by atoms with Crippen LogP contribution in [0.1, 0.15) is 18.9 Å². The maximum atomic E-state index is 12.6. The Morgan fingerprint density at radius 2 is 2.00 bits per heavy atom. The Kier molecular flexibility index (Phi) is 4.99. The summed E-state index contributed by atoms with van der Waals surface area (Å²) in [7, 11) is 3.43. The predicted octanol–water partition coefficient (Wildman–Crippen LogP) is 2.69. The minimum Gasteiger partial charge on any atom is -0.507 e. The zero-order valence-electron chi connectivity index (χ0n) is 11.5. The Morgan fingerprint density at radius 3 is 2.45 bits per heavy atom. The average Bonchev–Trinajstić information content (AvgIpc) is 2.30. The molecule has 0 aromatic heterocycles. The fourth-order valence-electron chi connectivity index (χ4n) is 1.85. The van der Waals surface area contributed by atoms with E-state index in [4.69, 9.17) is 0 Å². The summed E-state index contributed by atoms with van der Waals surface area (Å²) >= 11 is 0. The van der Waals surface area contributed by atoms with Gasteiger partial charge in [-0.05, 0) is 38.7 Å². The number of nitrogens with one attached hydrogen (secondary N) is 1. The molecule has 112 valence electrons. The van der Waals surface area contributed by atoms with Crippen molar-refractivity contribution in [1.82, 2.24) is 4.90 Å². The van der Waals surface area contributed by atoms with Crippen LogP contribution in [0.25, 0.3) is 0 Å². The summed E-state index contributed by atoms with van der Waals surface area (Å²) in [5.41, 5.74) is -1.17. The van der Waals surface area contributed by atoms with Crippen molar-refractivity contribution in [3.63, 3.8) is 0 Å². The second kappa shape index (κ2) is 6.13. The third kappa shape index (κ3) is 3.86. The van der Waals surface area contributed by atoms with E-state index in [1.165, 1.54) is 6.07 Å². The molecule has 0 aliphatic rings. The standard InChI is InChI=1S/C13H17F3N2O2/c1-4-10(18(2)3)12(20)17-8-5-6-11(19)9(7-8)13(14,15)16/h5-7,10,19H,4H2,1-3H3,(H,17,20). The summed E-state index contributed by atoms with van der Waals surface area (Å²) < 4.78 is 37.9. The van der Waals surface area contributed by atoms with E-state index in [1.54, 1.807) is 19.0 Å². The molecule has 0 bridgehead atoms. The van der Waals surface area contributed by atoms with Gasteiger partial charge in [0.15, 0.2) is 0 Å². The first-order chi connectivity index (χ1) is 9.16. The van der Waals surface area contributed by atoms with Gasteiger partial charge >= 0.3 is 6.18 Å². The molecule has 0 saturated carbocycles. The van der Waals surface area contributed by atoms with Gasteiger partial charge in [0.05, 0.1) is 11.6 Å². The van der Waals surface area contributed by atoms with Crippen LogP contribution in [0, 0.1) is 0 Å². The maximum Gasteiger partial charge on any atom is 0.420 e. The third-order valence-corrected chi connectivity index (χ3v) is 2.88. The summed E-state index contributed by atoms with van der Waals surface area (Å²) in [4.78, 5) is 13.6. The van der Waals surface area contributed by atoms with Gasteiger partial charge < -0.3 is 10.4 Å². The number of nitrogens with zero attached hydrogens (tertiary/aromatic N) is 1. The first-order valence-electron chi connectivity index (χ1n) is 6.04. The molecule has 1 aromatic rings. The Labute approximate surface area is 115 Å². The number of hydrogen-bond acceptors (Lipinski definition) is 3. The lowest BCUT2D eigenvalue weighted by Gasteiger charge is -2.22. The molecule has 0 saturated heterocycles. The maximum absolute atomic E-state index is 12.6. The largest absolute Gasteiger partial charge is 0.507 e. The van der Waals surface area contributed by atoms with Gasteiger partial charge in [-0.15, -0.1) is 0 Å². The van der Waals surface area contributed by atoms with Crippen molar-refractivity contribution in [2.24, 2.45) is 0 Å². The number of phenolic OH excluding ortho intramolecular Hbond substituents is 1. The highest BCUT2D eigenvalue weighted by atomic mass is 19.4. The van der Waals surface area contributed by atoms with E-state index in [2.05, 4.69) is 5.32 Å². The van der Waals surface area contributed by atoms with Crippen LogP contribution in [0.2, 0.25) is 0 Å². The van der Waals surface area contributed by atoms with Crippen molar-refractivity contribution in [3.05, 3.63) is 23.8 Å². The van der Waals surface area contributed by atoms with Gasteiger partial charge in [-0.2, -0.15) is 13.2 Å². The van der Waals surface area contributed by atoms with E-state index in [1.807, 2.05) is 6.92 Å². The minimum absolute atomic E-state index is 0.000394. The molecule has 0 aliphatic heterocycles. The molecule has 1 amide bonds. The molecule has 7 heteroatoms. The Hall–Kier alpha value is -1.76. The summed E-state index contributed by atoms with van der Waals surface area (Å²) in [6, 6.07) is 2.42. The second-order valence-electron chi connectivity index (χ2n) is 4.61. The van der Waals surface area contributed by atoms with Crippen LogP contribution in [-0.2, 0) is 11.0 Å². The summed E-state index contributed by atoms with van der Waals surface area (Å²) in [6.45, 7) is 1.81. The number of likely N-dealkylation sites (N-methyl/N-ethyl adjacent to an activating group) is 1. The summed E-state index contributed by atoms with van der Waals surface area (Å²) in [6.07, 6.45) is -4.14. The number of rotatable bonds is 4. The number of alkyl halides is 3. The van der Waals surface area contributed by atoms with E-state index in [0.717, 1.165) is 12.1 Å². The number of benzene rings is 1. The molecule has 0 aliphatic carbocycles. The molecule has 1 rings (SSSR count). The first kappa shape index (κ1) is 16.3. The highest BCUT2D eigenvalue weighted by Crippen LogP contribution is 2.37. The van der Waals surface area contributed by atoms with E-state index in [0.29, 0.717) is 6.42 Å². The topological polar surface area (TPSA) is 52.6 Å². The number of hydrogen-bond donors (Lipinski definition) is 2. The van der Waals surface area contributed by atoms with Crippen LogP contribution >= 0.6 is 0 Å². The van der Waals surface area contributed by atoms with Crippen LogP contribution in [0.3, 0.4) is 0 Å². The quantitative estimate of drug-likeness (QED) is 0.838. The van der Waals surface area contributed by atoms with Gasteiger partial charge in [0, 0.05) is 5.69 Å². The van der Waals surface area contributed by atoms with Crippen molar-refractivity contribution in [2.45, 2.75) is 25.6 Å². The van der Waals surface area contributed by atoms with E-state index in [9.17, 15) is 23.1 Å². The summed E-state index contributed by atoms with van der Waals surface area (Å²) in [5, 5.41) is 11.6. The molecule has 1 atom stereocenters. The molecular weight excluding hydrogens is 273 g/mol. The molecular formula is C13H17F3N2O2. The SMILES string of the molecule is CCC(C(=O)Nc1ccc(O)c(C(F)(F)F)c1)N(C)C. The highest BCUT2D eigenvalue weighted by molar-refractivity contribution is 5.94.